The molecule has 400 valence electrons. The molecule has 0 radical (unpaired) electrons. The molecule has 0 spiro atoms. The minimum absolute atomic E-state index is 0. The van der Waals surface area contributed by atoms with Crippen molar-refractivity contribution < 1.29 is 78.8 Å². The molecule has 1 saturated heterocycles. The number of carbonyl (C=O) groups excluding carboxylic acids is 1. The maximum atomic E-state index is 13.0. The molecule has 1 rings (SSSR count). The molecule has 0 aliphatic carbocycles. The van der Waals surface area contributed by atoms with Crippen LogP contribution < -0.4 is 11.1 Å². The van der Waals surface area contributed by atoms with Crippen LogP contribution in [0.15, 0.2) is 0 Å². The molecule has 2 unspecified atom stereocenters. The summed E-state index contributed by atoms with van der Waals surface area (Å²) in [6.07, 6.45) is 12.5. The normalized spacial score (nSPS) is 17.3. The molecule has 1 amide bonds. The molecule has 0 aromatic carbocycles. The van der Waals surface area contributed by atoms with Crippen LogP contribution in [0.4, 0.5) is 0 Å². The Labute approximate surface area is 436 Å². The highest BCUT2D eigenvalue weighted by Crippen LogP contribution is 2.23. The van der Waals surface area contributed by atoms with Gasteiger partial charge < -0.3 is 50.8 Å². The highest BCUT2D eigenvalue weighted by atomic mass is 16.7. The Balaban J connectivity index is -0.0000000850. The molecule has 11 heteroatoms. The van der Waals surface area contributed by atoms with E-state index < -0.39 is 61.5 Å². The van der Waals surface area contributed by atoms with Gasteiger partial charge in [0.25, 0.3) is 0 Å². The molecule has 1 aliphatic heterocycles. The molecule has 1 heterocycles. The molecule has 0 bridgehead atoms. The standard InChI is InChI=1S/C56H64N2O9.24H2/c1-3-5-7-9-11-13-15-17-18-19-20-21-22-23-24-25-26-27-29-31-33-35-39-43-51(60)58-48(52(61)49(59)42-38-34-32-30-28-16-14-12-10-8-6-4-2)46-66-56-55(64)54(63)53(62)50(67-56)47-65-45-41-37-36-40-44-57;;;;;;;;;;;;;;;;;;;;;;;;/h1,48-50,52-56,59,61-64H,4,6,8,10,12,14,16,28,30,32,34,36-38,40-47,57H2,2H3,(H,58,60);24*1H/t48-,49+,50?,52-,53-,54-,55?,56-;;;;;;;;;;;;;;;;;;;;;;;;/m0......................../s1. The highest BCUT2D eigenvalue weighted by molar-refractivity contribution is 5.79. The first-order valence-corrected chi connectivity index (χ1v) is 22.9. The zero-order valence-electron chi connectivity index (χ0n) is 38.7. The Morgan fingerprint density at radius 3 is 1.57 bits per heavy atom. The summed E-state index contributed by atoms with van der Waals surface area (Å²) >= 11 is 0. The van der Waals surface area contributed by atoms with Crippen LogP contribution in [0.25, 0.3) is 0 Å². The minimum atomic E-state index is -1.65. The van der Waals surface area contributed by atoms with Gasteiger partial charge in [0.05, 0.1) is 31.8 Å². The quantitative estimate of drug-likeness (QED) is 0.0296. The molecule has 1 fully saturated rings. The molecule has 0 aromatic rings. The first-order valence-electron chi connectivity index (χ1n) is 22.9. The Morgan fingerprint density at radius 1 is 0.627 bits per heavy atom. The van der Waals surface area contributed by atoms with Crippen LogP contribution in [-0.4, -0.2) is 107 Å². The van der Waals surface area contributed by atoms with Gasteiger partial charge in [0, 0.05) is 76.4 Å². The molecule has 1 aliphatic rings. The van der Waals surface area contributed by atoms with Crippen molar-refractivity contribution >= 4 is 5.91 Å². The van der Waals surface area contributed by atoms with E-state index in [4.69, 9.17) is 26.4 Å². The van der Waals surface area contributed by atoms with E-state index in [1.54, 1.807) is 0 Å². The van der Waals surface area contributed by atoms with Crippen LogP contribution in [0.2, 0.25) is 0 Å². The Morgan fingerprint density at radius 2 is 1.07 bits per heavy atom. The molecule has 8 atom stereocenters. The summed E-state index contributed by atoms with van der Waals surface area (Å²) in [7, 11) is 0. The van der Waals surface area contributed by atoms with E-state index in [1.165, 1.54) is 51.4 Å². The minimum Gasteiger partial charge on any atom is -0.390 e. The van der Waals surface area contributed by atoms with E-state index >= 15 is 0 Å². The summed E-state index contributed by atoms with van der Waals surface area (Å²) in [5, 5.41) is 56.7. The maximum Gasteiger partial charge on any atom is 0.232 e. The summed E-state index contributed by atoms with van der Waals surface area (Å²) in [4.78, 5) is 13.0. The number of unbranched alkanes of at least 4 members (excludes halogenated alkanes) is 14. The summed E-state index contributed by atoms with van der Waals surface area (Å²) in [6.45, 7) is 2.77. The van der Waals surface area contributed by atoms with Crippen LogP contribution in [-0.2, 0) is 19.0 Å². The predicted molar refractivity (Wildman–Crippen MR) is 310 cm³/mol. The SMILES string of the molecule is C#CC#CC#CC#CC#CC#CC#CC#CC#CC#CC#CC#CCC(=O)N[C@@H](CO[C@H]1OC(COCCCCCCN)[C@H](O)[C@H](O)C1O)[C@H](O)[C@H](O)CCCCCCCCCCCCCC.[HH].[HH].[HH].[HH].[HH].[HH].[HH].[HH].[HH].[HH].[HH].[HH].[HH].[HH].[HH].[HH].[HH].[HH].[HH].[HH].[HH].[HH].[HH].[HH]. The van der Waals surface area contributed by atoms with E-state index in [1.807, 2.05) is 0 Å². The van der Waals surface area contributed by atoms with Crippen molar-refractivity contribution in [2.45, 2.75) is 171 Å². The van der Waals surface area contributed by atoms with E-state index in [0.29, 0.717) is 19.6 Å². The van der Waals surface area contributed by atoms with Crippen molar-refractivity contribution in [2.75, 3.05) is 26.4 Å². The molecule has 0 saturated carbocycles. The van der Waals surface area contributed by atoms with Crippen LogP contribution in [0.3, 0.4) is 0 Å². The fraction of sp³-hybridized carbons (Fsp3) is 0.554. The number of ether oxygens (including phenoxy) is 3. The van der Waals surface area contributed by atoms with Gasteiger partial charge in [0.15, 0.2) is 6.29 Å². The summed E-state index contributed by atoms with van der Waals surface area (Å²) in [5.41, 5.74) is 5.54. The zero-order valence-corrected chi connectivity index (χ0v) is 38.7. The highest BCUT2D eigenvalue weighted by Gasteiger charge is 2.45. The lowest BCUT2D eigenvalue weighted by atomic mass is 9.98. The fourth-order valence-corrected chi connectivity index (χ4v) is 6.21. The molecule has 67 heavy (non-hydrogen) atoms. The first-order chi connectivity index (χ1) is 32.8. The number of hydrogen-bond donors (Lipinski definition) is 7. The van der Waals surface area contributed by atoms with Gasteiger partial charge in [-0.3, -0.25) is 4.79 Å². The van der Waals surface area contributed by atoms with Gasteiger partial charge in [0.2, 0.25) is 5.91 Å². The van der Waals surface area contributed by atoms with E-state index in [9.17, 15) is 30.3 Å². The lowest BCUT2D eigenvalue weighted by molar-refractivity contribution is -0.304. The Bertz CT molecular complexity index is 2320. The summed E-state index contributed by atoms with van der Waals surface area (Å²) in [6, 6.07) is -1.15. The van der Waals surface area contributed by atoms with Gasteiger partial charge in [-0.1, -0.05) is 103 Å². The lowest BCUT2D eigenvalue weighted by Gasteiger charge is -2.40. The van der Waals surface area contributed by atoms with Crippen molar-refractivity contribution in [2.24, 2.45) is 5.73 Å². The van der Waals surface area contributed by atoms with Crippen LogP contribution in [0, 0.1) is 143 Å². The zero-order chi connectivity index (χ0) is 48.8. The number of carbonyl (C=O) groups is 1. The van der Waals surface area contributed by atoms with Crippen LogP contribution in [0.1, 0.15) is 157 Å². The van der Waals surface area contributed by atoms with Crippen LogP contribution in [0.5, 0.6) is 0 Å². The van der Waals surface area contributed by atoms with E-state index in [0.717, 1.165) is 44.9 Å². The lowest BCUT2D eigenvalue weighted by Crippen LogP contribution is -2.60. The second-order valence-corrected chi connectivity index (χ2v) is 15.2. The Hall–Kier alpha value is -6.17. The van der Waals surface area contributed by atoms with Gasteiger partial charge in [-0.05, 0) is 121 Å². The number of hydrogen-bond acceptors (Lipinski definition) is 10. The van der Waals surface area contributed by atoms with Crippen molar-refractivity contribution in [3.63, 3.8) is 0 Å². The van der Waals surface area contributed by atoms with Gasteiger partial charge >= 0.3 is 0 Å². The fourth-order valence-electron chi connectivity index (χ4n) is 6.21. The molecular formula is C56H112N2O9. The summed E-state index contributed by atoms with van der Waals surface area (Å²) < 4.78 is 17.3. The second kappa shape index (κ2) is 42.5. The van der Waals surface area contributed by atoms with Crippen molar-refractivity contribution in [1.29, 1.82) is 0 Å². The van der Waals surface area contributed by atoms with Crippen molar-refractivity contribution in [3.05, 3.63) is 0 Å². The number of rotatable bonds is 28. The number of amides is 1. The Kier molecular flexibility index (Phi) is 37.3. The smallest absolute Gasteiger partial charge is 0.232 e. The average molecular weight is 958 g/mol. The number of nitrogens with one attached hydrogen (secondary N) is 1. The maximum absolute atomic E-state index is 13.0. The van der Waals surface area contributed by atoms with Crippen molar-refractivity contribution in [1.82, 2.24) is 5.32 Å². The molecule has 8 N–H and O–H groups in total. The third-order valence-electron chi connectivity index (χ3n) is 9.80. The number of aliphatic hydroxyl groups excluding tert-OH is 5. The van der Waals surface area contributed by atoms with Gasteiger partial charge in [-0.25, -0.2) is 0 Å². The second-order valence-electron chi connectivity index (χ2n) is 15.2. The monoisotopic (exact) mass is 957 g/mol. The number of aliphatic hydroxyl groups is 5. The number of nitrogens with two attached hydrogens (primary N) is 1. The average Bonchev–Trinajstić information content (AvgIpc) is 3.33. The molecular weight excluding hydrogens is 845 g/mol. The summed E-state index contributed by atoms with van der Waals surface area (Å²) in [5.74, 6) is 56.2. The van der Waals surface area contributed by atoms with E-state index in [2.05, 4.69) is 148 Å². The largest absolute Gasteiger partial charge is 0.390 e. The van der Waals surface area contributed by atoms with Crippen molar-refractivity contribution in [3.8, 4) is 143 Å². The topological polar surface area (TPSA) is 184 Å². The molecule has 11 nitrogen and oxygen atoms in total. The first kappa shape index (κ1) is 58.8. The third-order valence-corrected chi connectivity index (χ3v) is 9.80. The third kappa shape index (κ3) is 32.2. The molecule has 0 aromatic heterocycles. The van der Waals surface area contributed by atoms with E-state index in [-0.39, 0.29) is 53.7 Å². The van der Waals surface area contributed by atoms with Crippen LogP contribution >= 0.6 is 0 Å². The van der Waals surface area contributed by atoms with Gasteiger partial charge in [-0.2, -0.15) is 0 Å². The number of terminal acetylenes is 1. The van der Waals surface area contributed by atoms with Gasteiger partial charge in [-0.15, -0.1) is 6.42 Å². The van der Waals surface area contributed by atoms with Gasteiger partial charge in [0.1, 0.15) is 30.5 Å². The predicted octanol–water partition coefficient (Wildman–Crippen LogP) is 8.61.